The Balaban J connectivity index is 1.97. The van der Waals surface area contributed by atoms with Crippen LogP contribution in [0.25, 0.3) is 0 Å². The number of ether oxygens (including phenoxy) is 1. The van der Waals surface area contributed by atoms with Gasteiger partial charge in [0.15, 0.2) is 0 Å². The topological polar surface area (TPSA) is 9.23 Å². The van der Waals surface area contributed by atoms with Crippen molar-refractivity contribution in [1.29, 1.82) is 0 Å². The largest absolute Gasteiger partial charge is 0.493 e. The Hall–Kier alpha value is -0.800. The van der Waals surface area contributed by atoms with Crippen molar-refractivity contribution in [1.82, 2.24) is 0 Å². The number of hydrogen-bond acceptors (Lipinski definition) is 1. The zero-order chi connectivity index (χ0) is 13.4. The average Bonchev–Trinajstić information content (AvgIpc) is 2.85. The maximum atomic E-state index is 5.55. The Kier molecular flexibility index (Phi) is 3.68. The van der Waals surface area contributed by atoms with Crippen molar-refractivity contribution in [3.8, 4) is 5.75 Å². The fraction of sp³-hybridized carbons (Fsp3) is 0.250. The van der Waals surface area contributed by atoms with E-state index in [4.69, 9.17) is 4.74 Å². The monoisotopic (exact) mass is 380 g/mol. The van der Waals surface area contributed by atoms with E-state index in [1.807, 2.05) is 0 Å². The van der Waals surface area contributed by atoms with Crippen molar-refractivity contribution >= 4 is 31.9 Å². The van der Waals surface area contributed by atoms with Gasteiger partial charge in [0.1, 0.15) is 5.75 Å². The second-order valence-electron chi connectivity index (χ2n) is 4.85. The molecular formula is C16H14Br2O. The summed E-state index contributed by atoms with van der Waals surface area (Å²) in [6.45, 7) is 2.91. The van der Waals surface area contributed by atoms with E-state index in [1.54, 1.807) is 0 Å². The molecule has 19 heavy (non-hydrogen) atoms. The normalized spacial score (nSPS) is 14.9. The summed E-state index contributed by atoms with van der Waals surface area (Å²) in [4.78, 5) is 0.202. The summed E-state index contributed by atoms with van der Waals surface area (Å²) in [6.07, 6.45) is 1.01. The molecule has 0 fully saturated rings. The predicted molar refractivity (Wildman–Crippen MR) is 85.3 cm³/mol. The summed E-state index contributed by atoms with van der Waals surface area (Å²) in [5.41, 5.74) is 5.10. The molecule has 0 bridgehead atoms. The molecule has 1 heterocycles. The molecule has 0 N–H and O–H groups in total. The van der Waals surface area contributed by atoms with E-state index in [9.17, 15) is 0 Å². The Morgan fingerprint density at radius 3 is 2.79 bits per heavy atom. The van der Waals surface area contributed by atoms with Crippen LogP contribution in [0.4, 0.5) is 0 Å². The molecule has 0 aliphatic carbocycles. The first-order valence-electron chi connectivity index (χ1n) is 6.31. The number of fused-ring (bicyclic) bond motifs is 1. The first kappa shape index (κ1) is 13.2. The number of benzene rings is 2. The average molecular weight is 382 g/mol. The number of rotatable bonds is 2. The second kappa shape index (κ2) is 5.29. The van der Waals surface area contributed by atoms with Crippen LogP contribution in [-0.2, 0) is 6.42 Å². The van der Waals surface area contributed by atoms with Gasteiger partial charge in [0.2, 0.25) is 0 Å². The van der Waals surface area contributed by atoms with Crippen molar-refractivity contribution < 1.29 is 4.74 Å². The lowest BCUT2D eigenvalue weighted by Crippen LogP contribution is -1.95. The molecule has 3 heteroatoms. The van der Waals surface area contributed by atoms with Gasteiger partial charge in [-0.3, -0.25) is 0 Å². The molecule has 2 aromatic rings. The molecule has 98 valence electrons. The SMILES string of the molecule is Cc1ccc(C(Br)c2ccc3c(c2)CCO3)c(Br)c1. The van der Waals surface area contributed by atoms with E-state index in [0.29, 0.717) is 0 Å². The van der Waals surface area contributed by atoms with Gasteiger partial charge in [-0.1, -0.05) is 56.1 Å². The summed E-state index contributed by atoms with van der Waals surface area (Å²) < 4.78 is 6.70. The van der Waals surface area contributed by atoms with E-state index in [1.165, 1.54) is 22.3 Å². The molecule has 1 nitrogen and oxygen atoms in total. The number of hydrogen-bond donors (Lipinski definition) is 0. The molecular weight excluding hydrogens is 368 g/mol. The molecule has 1 unspecified atom stereocenters. The van der Waals surface area contributed by atoms with Crippen molar-refractivity contribution in [3.63, 3.8) is 0 Å². The minimum Gasteiger partial charge on any atom is -0.493 e. The molecule has 1 aliphatic heterocycles. The quantitative estimate of drug-likeness (QED) is 0.651. The maximum absolute atomic E-state index is 5.55. The fourth-order valence-corrected chi connectivity index (χ4v) is 4.09. The minimum atomic E-state index is 0.202. The van der Waals surface area contributed by atoms with Crippen LogP contribution in [0.1, 0.15) is 27.1 Å². The zero-order valence-electron chi connectivity index (χ0n) is 10.6. The highest BCUT2D eigenvalue weighted by atomic mass is 79.9. The van der Waals surface area contributed by atoms with Crippen molar-refractivity contribution in [3.05, 3.63) is 63.1 Å². The maximum Gasteiger partial charge on any atom is 0.122 e. The highest BCUT2D eigenvalue weighted by molar-refractivity contribution is 9.11. The fourth-order valence-electron chi connectivity index (χ4n) is 2.38. The van der Waals surface area contributed by atoms with E-state index >= 15 is 0 Å². The summed E-state index contributed by atoms with van der Waals surface area (Å²) in [6, 6.07) is 12.9. The van der Waals surface area contributed by atoms with Gasteiger partial charge in [0.25, 0.3) is 0 Å². The predicted octanol–water partition coefficient (Wildman–Crippen LogP) is 5.18. The van der Waals surface area contributed by atoms with E-state index in [2.05, 4.69) is 75.2 Å². The Morgan fingerprint density at radius 1 is 1.16 bits per heavy atom. The van der Waals surface area contributed by atoms with Crippen molar-refractivity contribution in [2.75, 3.05) is 6.61 Å². The Morgan fingerprint density at radius 2 is 2.00 bits per heavy atom. The van der Waals surface area contributed by atoms with Gasteiger partial charge in [0.05, 0.1) is 11.4 Å². The molecule has 0 saturated heterocycles. The lowest BCUT2D eigenvalue weighted by Gasteiger charge is -2.14. The van der Waals surface area contributed by atoms with Crippen molar-refractivity contribution in [2.24, 2.45) is 0 Å². The Bertz CT molecular complexity index is 622. The molecule has 0 saturated carbocycles. The van der Waals surface area contributed by atoms with Gasteiger partial charge in [-0.2, -0.15) is 0 Å². The van der Waals surface area contributed by atoms with Crippen LogP contribution in [0.2, 0.25) is 0 Å². The minimum absolute atomic E-state index is 0.202. The summed E-state index contributed by atoms with van der Waals surface area (Å²) in [5.74, 6) is 1.03. The highest BCUT2D eigenvalue weighted by Gasteiger charge is 2.18. The van der Waals surface area contributed by atoms with Crippen LogP contribution in [0.5, 0.6) is 5.75 Å². The molecule has 0 spiro atoms. The van der Waals surface area contributed by atoms with Crippen LogP contribution in [-0.4, -0.2) is 6.61 Å². The molecule has 0 amide bonds. The smallest absolute Gasteiger partial charge is 0.122 e. The van der Waals surface area contributed by atoms with Gasteiger partial charge >= 0.3 is 0 Å². The van der Waals surface area contributed by atoms with Gasteiger partial charge in [-0.25, -0.2) is 0 Å². The first-order valence-corrected chi connectivity index (χ1v) is 8.02. The lowest BCUT2D eigenvalue weighted by molar-refractivity contribution is 0.357. The third-order valence-corrected chi connectivity index (χ3v) is 5.14. The summed E-state index contributed by atoms with van der Waals surface area (Å²) >= 11 is 7.46. The van der Waals surface area contributed by atoms with E-state index in [-0.39, 0.29) is 4.83 Å². The Labute approximate surface area is 130 Å². The second-order valence-corrected chi connectivity index (χ2v) is 6.62. The third-order valence-electron chi connectivity index (χ3n) is 3.44. The molecule has 2 aromatic carbocycles. The van der Waals surface area contributed by atoms with E-state index < -0.39 is 0 Å². The van der Waals surface area contributed by atoms with Crippen LogP contribution in [0, 0.1) is 6.92 Å². The standard InChI is InChI=1S/C16H14Br2O/c1-10-2-4-13(14(17)8-10)16(18)12-3-5-15-11(9-12)6-7-19-15/h2-5,8-9,16H,6-7H2,1H3. The van der Waals surface area contributed by atoms with Crippen molar-refractivity contribution in [2.45, 2.75) is 18.2 Å². The van der Waals surface area contributed by atoms with Gasteiger partial charge in [-0.15, -0.1) is 0 Å². The van der Waals surface area contributed by atoms with Gasteiger partial charge in [0, 0.05) is 10.9 Å². The molecule has 1 aliphatic rings. The third kappa shape index (κ3) is 2.59. The van der Waals surface area contributed by atoms with Crippen LogP contribution < -0.4 is 4.74 Å². The van der Waals surface area contributed by atoms with E-state index in [0.717, 1.165) is 23.2 Å². The van der Waals surface area contributed by atoms with Crippen LogP contribution in [0.15, 0.2) is 40.9 Å². The highest BCUT2D eigenvalue weighted by Crippen LogP contribution is 2.38. The number of halogens is 2. The first-order chi connectivity index (χ1) is 9.15. The van der Waals surface area contributed by atoms with Crippen LogP contribution >= 0.6 is 31.9 Å². The molecule has 0 aromatic heterocycles. The summed E-state index contributed by atoms with van der Waals surface area (Å²) in [7, 11) is 0. The molecule has 0 radical (unpaired) electrons. The van der Waals surface area contributed by atoms with Gasteiger partial charge in [-0.05, 0) is 41.3 Å². The number of alkyl halides is 1. The van der Waals surface area contributed by atoms with Crippen LogP contribution in [0.3, 0.4) is 0 Å². The number of aryl methyl sites for hydroxylation is 1. The summed E-state index contributed by atoms with van der Waals surface area (Å²) in [5, 5.41) is 0. The van der Waals surface area contributed by atoms with Gasteiger partial charge < -0.3 is 4.74 Å². The molecule has 1 atom stereocenters. The molecule has 3 rings (SSSR count). The zero-order valence-corrected chi connectivity index (χ0v) is 13.8. The lowest BCUT2D eigenvalue weighted by atomic mass is 10.0.